The number of fused-ring (bicyclic) bond motifs is 1. The molecule has 1 aliphatic heterocycles. The molecule has 3 aromatic rings. The largest absolute Gasteiger partial charge is 0.485 e. The van der Waals surface area contributed by atoms with Crippen molar-refractivity contribution in [2.75, 3.05) is 11.5 Å². The molecule has 0 N–H and O–H groups in total. The van der Waals surface area contributed by atoms with Gasteiger partial charge in [0.25, 0.3) is 11.8 Å². The fourth-order valence-electron chi connectivity index (χ4n) is 2.97. The van der Waals surface area contributed by atoms with Crippen LogP contribution in [-0.2, 0) is 0 Å². The highest BCUT2D eigenvalue weighted by molar-refractivity contribution is 6.34. The second-order valence-corrected chi connectivity index (χ2v) is 6.06. The molecule has 3 aromatic carbocycles. The van der Waals surface area contributed by atoms with Crippen LogP contribution in [0, 0.1) is 0 Å². The number of hydrogen-bond acceptors (Lipinski definition) is 4. The van der Waals surface area contributed by atoms with Crippen LogP contribution in [0.5, 0.6) is 5.75 Å². The number of rotatable bonds is 5. The summed E-state index contributed by atoms with van der Waals surface area (Å²) in [7, 11) is 0. The van der Waals surface area contributed by atoms with Crippen molar-refractivity contribution < 1.29 is 19.1 Å². The van der Waals surface area contributed by atoms with E-state index in [1.807, 2.05) is 6.07 Å². The predicted octanol–water partition coefficient (Wildman–Crippen LogP) is 3.75. The van der Waals surface area contributed by atoms with Crippen molar-refractivity contribution in [2.24, 2.45) is 0 Å². The molecule has 0 atom stereocenters. The number of benzene rings is 3. The molecule has 0 saturated carbocycles. The number of anilines is 1. The maximum Gasteiger partial charge on any atom is 0.266 e. The summed E-state index contributed by atoms with van der Waals surface area (Å²) in [6.07, 6.45) is 0. The summed E-state index contributed by atoms with van der Waals surface area (Å²) < 4.78 is 5.52. The molecule has 0 aliphatic carbocycles. The van der Waals surface area contributed by atoms with E-state index in [0.29, 0.717) is 28.1 Å². The number of ether oxygens (including phenoxy) is 1. The van der Waals surface area contributed by atoms with E-state index >= 15 is 0 Å². The molecule has 5 heteroatoms. The van der Waals surface area contributed by atoms with Crippen LogP contribution in [-0.4, -0.2) is 24.2 Å². The highest BCUT2D eigenvalue weighted by atomic mass is 16.5. The molecular formula is C22H15NO4. The van der Waals surface area contributed by atoms with Crippen molar-refractivity contribution in [2.45, 2.75) is 0 Å². The Morgan fingerprint density at radius 3 is 1.89 bits per heavy atom. The molecule has 0 radical (unpaired) electrons. The van der Waals surface area contributed by atoms with Gasteiger partial charge in [-0.05, 0) is 36.4 Å². The van der Waals surface area contributed by atoms with Gasteiger partial charge in [-0.1, -0.05) is 42.5 Å². The zero-order valence-electron chi connectivity index (χ0n) is 14.3. The van der Waals surface area contributed by atoms with Crippen LogP contribution in [0.1, 0.15) is 31.1 Å². The zero-order chi connectivity index (χ0) is 18.8. The molecule has 0 aromatic heterocycles. The molecule has 132 valence electrons. The maximum atomic E-state index is 12.5. The Kier molecular flexibility index (Phi) is 4.26. The molecule has 2 amide bonds. The molecule has 0 bridgehead atoms. The number of carbonyl (C=O) groups is 3. The Hall–Kier alpha value is -3.73. The van der Waals surface area contributed by atoms with Crippen LogP contribution in [0.15, 0.2) is 78.9 Å². The Bertz CT molecular complexity index is 991. The van der Waals surface area contributed by atoms with E-state index in [4.69, 9.17) is 4.74 Å². The number of nitrogens with zero attached hydrogens (tertiary/aromatic N) is 1. The van der Waals surface area contributed by atoms with Crippen LogP contribution >= 0.6 is 0 Å². The Morgan fingerprint density at radius 2 is 1.30 bits per heavy atom. The van der Waals surface area contributed by atoms with Crippen molar-refractivity contribution in [3.63, 3.8) is 0 Å². The first-order valence-electron chi connectivity index (χ1n) is 8.44. The fourth-order valence-corrected chi connectivity index (χ4v) is 2.97. The molecule has 0 unspecified atom stereocenters. The summed E-state index contributed by atoms with van der Waals surface area (Å²) in [5.74, 6) is -0.327. The van der Waals surface area contributed by atoms with Gasteiger partial charge < -0.3 is 4.74 Å². The van der Waals surface area contributed by atoms with Gasteiger partial charge in [0.15, 0.2) is 12.4 Å². The number of carbonyl (C=O) groups excluding carboxylic acids is 3. The second-order valence-electron chi connectivity index (χ2n) is 6.06. The third-order valence-electron chi connectivity index (χ3n) is 4.35. The molecule has 1 aliphatic rings. The van der Waals surface area contributed by atoms with Gasteiger partial charge in [-0.15, -0.1) is 0 Å². The summed E-state index contributed by atoms with van der Waals surface area (Å²) in [4.78, 5) is 38.2. The maximum absolute atomic E-state index is 12.5. The minimum Gasteiger partial charge on any atom is -0.485 e. The molecule has 0 saturated heterocycles. The molecule has 4 rings (SSSR count). The standard InChI is InChI=1S/C22H15NO4/c24-20(15-6-2-1-3-7-15)14-27-17-12-10-16(11-13-17)23-21(25)18-8-4-5-9-19(18)22(23)26/h1-13H,14H2. The van der Waals surface area contributed by atoms with E-state index in [9.17, 15) is 14.4 Å². The lowest BCUT2D eigenvalue weighted by molar-refractivity contribution is 0.0915. The van der Waals surface area contributed by atoms with E-state index in [1.165, 1.54) is 0 Å². The van der Waals surface area contributed by atoms with E-state index in [1.54, 1.807) is 72.8 Å². The average Bonchev–Trinajstić information content (AvgIpc) is 2.98. The highest BCUT2D eigenvalue weighted by Gasteiger charge is 2.36. The predicted molar refractivity (Wildman–Crippen MR) is 100 cm³/mol. The van der Waals surface area contributed by atoms with Gasteiger partial charge in [0.1, 0.15) is 5.75 Å². The average molecular weight is 357 g/mol. The van der Waals surface area contributed by atoms with Gasteiger partial charge in [0, 0.05) is 5.56 Å². The van der Waals surface area contributed by atoms with Crippen molar-refractivity contribution in [1.29, 1.82) is 0 Å². The molecule has 0 fully saturated rings. The lowest BCUT2D eigenvalue weighted by Crippen LogP contribution is -2.29. The van der Waals surface area contributed by atoms with Crippen LogP contribution in [0.25, 0.3) is 0 Å². The first-order valence-corrected chi connectivity index (χ1v) is 8.44. The van der Waals surface area contributed by atoms with Gasteiger partial charge in [-0.2, -0.15) is 0 Å². The minimum absolute atomic E-state index is 0.0869. The molecule has 27 heavy (non-hydrogen) atoms. The quantitative estimate of drug-likeness (QED) is 0.515. The van der Waals surface area contributed by atoms with Crippen LogP contribution in [0.3, 0.4) is 0 Å². The lowest BCUT2D eigenvalue weighted by atomic mass is 10.1. The van der Waals surface area contributed by atoms with Gasteiger partial charge >= 0.3 is 0 Å². The molecule has 0 spiro atoms. The summed E-state index contributed by atoms with van der Waals surface area (Å²) in [5.41, 5.74) is 1.84. The van der Waals surface area contributed by atoms with Crippen molar-refractivity contribution in [3.05, 3.63) is 95.6 Å². The Balaban J connectivity index is 1.46. The number of amides is 2. The number of hydrogen-bond donors (Lipinski definition) is 0. The summed E-state index contributed by atoms with van der Waals surface area (Å²) in [5, 5.41) is 0. The van der Waals surface area contributed by atoms with Crippen molar-refractivity contribution in [3.8, 4) is 5.75 Å². The number of imide groups is 1. The minimum atomic E-state index is -0.344. The lowest BCUT2D eigenvalue weighted by Gasteiger charge is -2.14. The normalized spacial score (nSPS) is 12.8. The number of Topliss-reactive ketones (excluding diaryl/α,β-unsaturated/α-hetero) is 1. The first kappa shape index (κ1) is 16.7. The van der Waals surface area contributed by atoms with Crippen molar-refractivity contribution in [1.82, 2.24) is 0 Å². The monoisotopic (exact) mass is 357 g/mol. The van der Waals surface area contributed by atoms with Gasteiger partial charge in [0.2, 0.25) is 0 Å². The second kappa shape index (κ2) is 6.88. The molecule has 1 heterocycles. The first-order chi connectivity index (χ1) is 13.1. The van der Waals surface area contributed by atoms with Crippen LogP contribution in [0.4, 0.5) is 5.69 Å². The van der Waals surface area contributed by atoms with E-state index < -0.39 is 0 Å². The topological polar surface area (TPSA) is 63.7 Å². The fraction of sp³-hybridized carbons (Fsp3) is 0.0455. The third kappa shape index (κ3) is 3.11. The smallest absolute Gasteiger partial charge is 0.266 e. The number of ketones is 1. The summed E-state index contributed by atoms with van der Waals surface area (Å²) >= 11 is 0. The zero-order valence-corrected chi connectivity index (χ0v) is 14.3. The Morgan fingerprint density at radius 1 is 0.741 bits per heavy atom. The summed E-state index contributed by atoms with van der Waals surface area (Å²) in [6, 6.07) is 22.2. The molecular weight excluding hydrogens is 342 g/mol. The third-order valence-corrected chi connectivity index (χ3v) is 4.35. The van der Waals surface area contributed by atoms with Crippen molar-refractivity contribution >= 4 is 23.3 Å². The van der Waals surface area contributed by atoms with E-state index in [-0.39, 0.29) is 24.2 Å². The summed E-state index contributed by atoms with van der Waals surface area (Å²) in [6.45, 7) is -0.0869. The Labute approximate surface area is 155 Å². The van der Waals surface area contributed by atoms with Crippen LogP contribution < -0.4 is 9.64 Å². The van der Waals surface area contributed by atoms with Gasteiger partial charge in [-0.3, -0.25) is 14.4 Å². The SMILES string of the molecule is O=C(COc1ccc(N2C(=O)c3ccccc3C2=O)cc1)c1ccccc1. The molecule has 5 nitrogen and oxygen atoms in total. The van der Waals surface area contributed by atoms with E-state index in [2.05, 4.69) is 0 Å². The van der Waals surface area contributed by atoms with Crippen LogP contribution in [0.2, 0.25) is 0 Å². The van der Waals surface area contributed by atoms with Gasteiger partial charge in [-0.25, -0.2) is 4.90 Å². The highest BCUT2D eigenvalue weighted by Crippen LogP contribution is 2.29. The van der Waals surface area contributed by atoms with E-state index in [0.717, 1.165) is 4.90 Å². The van der Waals surface area contributed by atoms with Gasteiger partial charge in [0.05, 0.1) is 16.8 Å².